The molecule has 2 aromatic rings. The van der Waals surface area contributed by atoms with Crippen LogP contribution in [0.5, 0.6) is 0 Å². The fraction of sp³-hybridized carbons (Fsp3) is 0.500. The van der Waals surface area contributed by atoms with Gasteiger partial charge in [0.25, 0.3) is 5.56 Å². The van der Waals surface area contributed by atoms with Crippen LogP contribution in [0.1, 0.15) is 52.7 Å². The summed E-state index contributed by atoms with van der Waals surface area (Å²) in [6, 6.07) is 8.27. The van der Waals surface area contributed by atoms with Crippen LogP contribution in [0.25, 0.3) is 11.3 Å². The molecular formula is C18H26N2O. The quantitative estimate of drug-likeness (QED) is 0.838. The van der Waals surface area contributed by atoms with Gasteiger partial charge in [-0.05, 0) is 39.2 Å². The van der Waals surface area contributed by atoms with E-state index in [4.69, 9.17) is 0 Å². The van der Waals surface area contributed by atoms with Crippen LogP contribution < -0.4 is 5.56 Å². The summed E-state index contributed by atoms with van der Waals surface area (Å²) in [5.41, 5.74) is 3.65. The van der Waals surface area contributed by atoms with Crippen LogP contribution in [-0.2, 0) is 11.0 Å². The van der Waals surface area contributed by atoms with Crippen LogP contribution in [0.15, 0.2) is 29.1 Å². The number of nitrogens with one attached hydrogen (secondary N) is 1. The third kappa shape index (κ3) is 2.97. The molecule has 114 valence electrons. The molecule has 2 rings (SSSR count). The van der Waals surface area contributed by atoms with E-state index in [1.807, 2.05) is 26.8 Å². The second-order valence-corrected chi connectivity index (χ2v) is 7.79. The van der Waals surface area contributed by atoms with Crippen LogP contribution in [0.2, 0.25) is 0 Å². The molecule has 0 radical (unpaired) electrons. The Hall–Kier alpha value is -1.77. The van der Waals surface area contributed by atoms with E-state index in [9.17, 15) is 4.79 Å². The van der Waals surface area contributed by atoms with Crippen molar-refractivity contribution in [2.75, 3.05) is 0 Å². The van der Waals surface area contributed by atoms with E-state index in [1.54, 1.807) is 4.68 Å². The molecule has 3 heteroatoms. The fourth-order valence-corrected chi connectivity index (χ4v) is 2.61. The number of aromatic amines is 1. The summed E-state index contributed by atoms with van der Waals surface area (Å²) in [5.74, 6) is 0. The van der Waals surface area contributed by atoms with Crippen molar-refractivity contribution in [1.82, 2.24) is 9.78 Å². The number of hydrogen-bond acceptors (Lipinski definition) is 1. The molecule has 3 nitrogen and oxygen atoms in total. The molecule has 0 spiro atoms. The Labute approximate surface area is 127 Å². The minimum Gasteiger partial charge on any atom is -0.294 e. The SMILES string of the molecule is Cc1cccc(-c2[nH]n(C(C)(C)C)c(=O)c2C(C)(C)C)c1. The molecule has 0 bridgehead atoms. The number of rotatable bonds is 1. The Balaban J connectivity index is 2.80. The second-order valence-electron chi connectivity index (χ2n) is 7.79. The number of aromatic nitrogens is 2. The smallest absolute Gasteiger partial charge is 0.271 e. The van der Waals surface area contributed by atoms with Crippen LogP contribution in [0.4, 0.5) is 0 Å². The van der Waals surface area contributed by atoms with E-state index in [0.717, 1.165) is 16.8 Å². The highest BCUT2D eigenvalue weighted by atomic mass is 16.1. The second kappa shape index (κ2) is 4.90. The highest BCUT2D eigenvalue weighted by Crippen LogP contribution is 2.30. The number of hydrogen-bond donors (Lipinski definition) is 1. The predicted octanol–water partition coefficient (Wildman–Crippen LogP) is 4.20. The van der Waals surface area contributed by atoms with Gasteiger partial charge in [0, 0.05) is 11.1 Å². The van der Waals surface area contributed by atoms with Gasteiger partial charge in [0.1, 0.15) is 0 Å². The zero-order chi connectivity index (χ0) is 16.0. The molecule has 0 saturated heterocycles. The largest absolute Gasteiger partial charge is 0.294 e. The van der Waals surface area contributed by atoms with Crippen molar-refractivity contribution in [2.24, 2.45) is 0 Å². The number of benzene rings is 1. The van der Waals surface area contributed by atoms with Crippen molar-refractivity contribution in [3.05, 3.63) is 45.7 Å². The summed E-state index contributed by atoms with van der Waals surface area (Å²) in [7, 11) is 0. The molecule has 0 atom stereocenters. The first-order valence-electron chi connectivity index (χ1n) is 7.45. The van der Waals surface area contributed by atoms with Crippen molar-refractivity contribution in [2.45, 2.75) is 59.4 Å². The van der Waals surface area contributed by atoms with E-state index in [1.165, 1.54) is 5.56 Å². The summed E-state index contributed by atoms with van der Waals surface area (Å²) >= 11 is 0. The molecular weight excluding hydrogens is 260 g/mol. The lowest BCUT2D eigenvalue weighted by Gasteiger charge is -2.19. The van der Waals surface area contributed by atoms with Crippen LogP contribution in [0, 0.1) is 6.92 Å². The van der Waals surface area contributed by atoms with Crippen molar-refractivity contribution in [3.8, 4) is 11.3 Å². The Bertz CT molecular complexity index is 706. The first kappa shape index (κ1) is 15.6. The average molecular weight is 286 g/mol. The molecule has 0 aliphatic rings. The molecule has 0 saturated carbocycles. The first-order valence-corrected chi connectivity index (χ1v) is 7.45. The average Bonchev–Trinajstić information content (AvgIpc) is 2.66. The van der Waals surface area contributed by atoms with E-state index in [0.29, 0.717) is 0 Å². The summed E-state index contributed by atoms with van der Waals surface area (Å²) in [6.07, 6.45) is 0. The lowest BCUT2D eigenvalue weighted by Crippen LogP contribution is -2.35. The Kier molecular flexibility index (Phi) is 3.64. The molecule has 0 amide bonds. The van der Waals surface area contributed by atoms with Gasteiger partial charge in [0.15, 0.2) is 0 Å². The van der Waals surface area contributed by atoms with Crippen molar-refractivity contribution >= 4 is 0 Å². The third-order valence-corrected chi connectivity index (χ3v) is 3.62. The van der Waals surface area contributed by atoms with E-state index < -0.39 is 0 Å². The molecule has 0 aliphatic carbocycles. The molecule has 0 unspecified atom stereocenters. The van der Waals surface area contributed by atoms with Gasteiger partial charge < -0.3 is 0 Å². The Morgan fingerprint density at radius 2 is 1.67 bits per heavy atom. The standard InChI is InChI=1S/C18H26N2O/c1-12-9-8-10-13(11-12)15-14(17(2,3)4)16(21)20(19-15)18(5,6)7/h8-11,19H,1-7H3. The fourth-order valence-electron chi connectivity index (χ4n) is 2.61. The maximum Gasteiger partial charge on any atom is 0.271 e. The van der Waals surface area contributed by atoms with Crippen LogP contribution in [0.3, 0.4) is 0 Å². The zero-order valence-electron chi connectivity index (χ0n) is 14.2. The number of H-pyrrole nitrogens is 1. The summed E-state index contributed by atoms with van der Waals surface area (Å²) in [4.78, 5) is 12.9. The lowest BCUT2D eigenvalue weighted by atomic mass is 9.85. The van der Waals surface area contributed by atoms with Crippen LogP contribution in [-0.4, -0.2) is 9.78 Å². The molecule has 1 aromatic carbocycles. The minimum absolute atomic E-state index is 0.0755. The van der Waals surface area contributed by atoms with Gasteiger partial charge in [-0.1, -0.05) is 44.5 Å². The van der Waals surface area contributed by atoms with Gasteiger partial charge >= 0.3 is 0 Å². The maximum atomic E-state index is 12.9. The molecule has 21 heavy (non-hydrogen) atoms. The molecule has 1 N–H and O–H groups in total. The molecule has 0 fully saturated rings. The molecule has 1 heterocycles. The number of nitrogens with zero attached hydrogens (tertiary/aromatic N) is 1. The zero-order valence-corrected chi connectivity index (χ0v) is 14.2. The summed E-state index contributed by atoms with van der Waals surface area (Å²) < 4.78 is 1.74. The lowest BCUT2D eigenvalue weighted by molar-refractivity contribution is 0.344. The van der Waals surface area contributed by atoms with Gasteiger partial charge in [-0.15, -0.1) is 0 Å². The molecule has 0 aliphatic heterocycles. The maximum absolute atomic E-state index is 12.9. The van der Waals surface area contributed by atoms with Gasteiger partial charge in [-0.2, -0.15) is 0 Å². The normalized spacial score (nSPS) is 12.7. The van der Waals surface area contributed by atoms with Gasteiger partial charge in [0.05, 0.1) is 11.2 Å². The summed E-state index contributed by atoms with van der Waals surface area (Å²) in [5, 5.41) is 3.34. The highest BCUT2D eigenvalue weighted by molar-refractivity contribution is 5.65. The molecule has 1 aromatic heterocycles. The van der Waals surface area contributed by atoms with Crippen LogP contribution >= 0.6 is 0 Å². The highest BCUT2D eigenvalue weighted by Gasteiger charge is 2.29. The summed E-state index contributed by atoms with van der Waals surface area (Å²) in [6.45, 7) is 14.4. The van der Waals surface area contributed by atoms with Gasteiger partial charge in [-0.3, -0.25) is 9.89 Å². The Morgan fingerprint density at radius 3 is 2.14 bits per heavy atom. The monoisotopic (exact) mass is 286 g/mol. The number of aryl methyl sites for hydroxylation is 1. The third-order valence-electron chi connectivity index (χ3n) is 3.62. The van der Waals surface area contributed by atoms with Gasteiger partial charge in [-0.25, -0.2) is 4.68 Å². The van der Waals surface area contributed by atoms with E-state index in [2.05, 4.69) is 51.0 Å². The topological polar surface area (TPSA) is 37.8 Å². The Morgan fingerprint density at radius 1 is 1.05 bits per heavy atom. The van der Waals surface area contributed by atoms with Gasteiger partial charge in [0.2, 0.25) is 0 Å². The van der Waals surface area contributed by atoms with Crippen molar-refractivity contribution < 1.29 is 0 Å². The first-order chi connectivity index (χ1) is 9.51. The predicted molar refractivity (Wildman–Crippen MR) is 88.9 cm³/mol. The minimum atomic E-state index is -0.265. The van der Waals surface area contributed by atoms with E-state index in [-0.39, 0.29) is 16.5 Å². The van der Waals surface area contributed by atoms with Crippen molar-refractivity contribution in [3.63, 3.8) is 0 Å². The van der Waals surface area contributed by atoms with Crippen molar-refractivity contribution in [1.29, 1.82) is 0 Å². The van der Waals surface area contributed by atoms with E-state index >= 15 is 0 Å².